The lowest BCUT2D eigenvalue weighted by Crippen LogP contribution is -2.56. The summed E-state index contributed by atoms with van der Waals surface area (Å²) >= 11 is 29.3. The summed E-state index contributed by atoms with van der Waals surface area (Å²) in [5.41, 5.74) is 0. The lowest BCUT2D eigenvalue weighted by atomic mass is 9.90. The maximum Gasteiger partial charge on any atom is 0.390 e. The number of anilines is 5. The van der Waals surface area contributed by atoms with E-state index in [9.17, 15) is 68.4 Å². The summed E-state index contributed by atoms with van der Waals surface area (Å²) in [7, 11) is -16.9. The molecule has 149 heavy (non-hydrogen) atoms. The largest absolute Gasteiger partial charge is 0.390 e. The summed E-state index contributed by atoms with van der Waals surface area (Å²) in [6.07, 6.45) is 29.6. The molecule has 834 valence electrons. The van der Waals surface area contributed by atoms with Crippen molar-refractivity contribution < 1.29 is 92.1 Å². The zero-order valence-corrected chi connectivity index (χ0v) is 93.1. The molecule has 15 heterocycles. The molecule has 11 atom stereocenters. The number of rotatable bonds is 41. The topological polar surface area (TPSA) is 378 Å². The minimum atomic E-state index is -4.47. The molecule has 0 radical (unpaired) electrons. The molecule has 0 unspecified atom stereocenters. The number of piperidine rings is 5. The minimum Gasteiger partial charge on any atom is -0.377 e. The Morgan fingerprint density at radius 1 is 0.309 bits per heavy atom. The van der Waals surface area contributed by atoms with Gasteiger partial charge in [-0.1, -0.05) is 58.0 Å². The van der Waals surface area contributed by atoms with Gasteiger partial charge in [-0.05, 0) is 244 Å². The van der Waals surface area contributed by atoms with E-state index in [1.54, 1.807) is 87.0 Å². The third-order valence-electron chi connectivity index (χ3n) is 32.9. The maximum absolute atomic E-state index is 12.4. The number of hydrogen-bond donors (Lipinski definition) is 0. The van der Waals surface area contributed by atoms with Crippen LogP contribution in [0, 0.1) is 88.8 Å². The van der Waals surface area contributed by atoms with Gasteiger partial charge in [0.25, 0.3) is 0 Å². The lowest BCUT2D eigenvalue weighted by Gasteiger charge is -2.38. The van der Waals surface area contributed by atoms with Gasteiger partial charge in [-0.3, -0.25) is 0 Å². The Morgan fingerprint density at radius 2 is 0.523 bits per heavy atom. The van der Waals surface area contributed by atoms with Crippen molar-refractivity contribution in [1.82, 2.24) is 71.4 Å². The van der Waals surface area contributed by atoms with Crippen molar-refractivity contribution in [3.8, 4) is 0 Å². The van der Waals surface area contributed by atoms with Crippen molar-refractivity contribution in [2.45, 2.75) is 217 Å². The first-order valence-corrected chi connectivity index (χ1v) is 63.2. The lowest BCUT2D eigenvalue weighted by molar-refractivity contribution is -0.131. The third-order valence-corrected chi connectivity index (χ3v) is 42.8. The Bertz CT molecular complexity index is 5670. The van der Waals surface area contributed by atoms with E-state index in [1.807, 2.05) is 0 Å². The van der Waals surface area contributed by atoms with Crippen LogP contribution in [0.3, 0.4) is 0 Å². The predicted molar refractivity (Wildman–Crippen MR) is 559 cm³/mol. The standard InChI is InChI=1S/C21H30ClF3N4O3S.C20H28ClF3N4O3S.C20H31ClN4O3S.C19H29ClN4O3S.C18H27ClN4O3S/c22-17-12-26-20(27-13-17)28-6-1-15(2-7-28)19-11-16(19)4-9-32-18-3-8-29(14-18)33(30,31)10-5-21(23,24)25;21-16-10-25-19(26-11-16)27-5-1-14(2-6-27)18-9-15(18)3-7-31-17-12-28(13-17)32(29,30)8-4-20(22,23)24;1-14(2)29(26,27)25-12-18(13-25)28-8-5-16-9-19(16)15-3-6-24(7-4-15)20-22-10-17(21)11-23-20;1-2-28(25,26)24-12-17(13-24)27-8-5-15-9-18(15)14-3-6-23(7-4-14)19-21-10-16(20)11-22-19;1-27(24,25)23-11-16(12-23)26-7-4-14-8-17(14)13-2-5-22(6-3-13)18-20-9-15(19)10-21-18/h12-13,15-16,18-19H,1-11,14H2;10-11,14-15,17-18H,1-9,12-13H2;10-11,14-16,18-19H,3-9,12-13H2,1-2H3;10-11,14-15,17-18H,2-9,12-13H2,1H3;9-10,13-14,16-17H,2-8,11-12H2,1H3/t16-,18+,19-;15-,18-;16-,19-;15-,18-;14-,17-/m11111/s1. The average molecular weight is 2290 g/mol. The van der Waals surface area contributed by atoms with Crippen LogP contribution in [0.5, 0.6) is 0 Å². The highest BCUT2D eigenvalue weighted by Gasteiger charge is 2.51. The average Bonchev–Trinajstić information content (AvgIpc) is 1.62. The molecular weight excluding hydrogens is 2150 g/mol. The second-order valence-corrected chi connectivity index (χ2v) is 56.5. The molecule has 10 aliphatic heterocycles. The molecule has 5 aromatic heterocycles. The predicted octanol–water partition coefficient (Wildman–Crippen LogP) is 14.4. The van der Waals surface area contributed by atoms with Crippen molar-refractivity contribution in [1.29, 1.82) is 0 Å². The van der Waals surface area contributed by atoms with Crippen LogP contribution in [0.2, 0.25) is 25.1 Å². The van der Waals surface area contributed by atoms with Crippen LogP contribution in [0.15, 0.2) is 62.0 Å². The van der Waals surface area contributed by atoms with Crippen LogP contribution in [0.1, 0.15) is 168 Å². The molecular formula is C98H145Cl5F6N20O15S5. The van der Waals surface area contributed by atoms with E-state index < -0.39 is 86.8 Å². The van der Waals surface area contributed by atoms with Crippen LogP contribution >= 0.6 is 58.0 Å². The summed E-state index contributed by atoms with van der Waals surface area (Å²) in [5, 5.41) is 2.43. The molecule has 0 amide bonds. The monoisotopic (exact) mass is 2290 g/mol. The Morgan fingerprint density at radius 3 is 0.752 bits per heavy atom. The van der Waals surface area contributed by atoms with Crippen LogP contribution in [-0.4, -0.2) is 349 Å². The van der Waals surface area contributed by atoms with Gasteiger partial charge in [0.15, 0.2) is 0 Å². The molecule has 35 nitrogen and oxygen atoms in total. The van der Waals surface area contributed by atoms with Crippen LogP contribution in [-0.2, 0) is 73.8 Å². The van der Waals surface area contributed by atoms with Gasteiger partial charge < -0.3 is 48.2 Å². The van der Waals surface area contributed by atoms with E-state index >= 15 is 0 Å². The molecule has 0 N–H and O–H groups in total. The maximum atomic E-state index is 12.4. The number of hydrogen-bond acceptors (Lipinski definition) is 30. The molecule has 5 aliphatic carbocycles. The number of halogens is 11. The van der Waals surface area contributed by atoms with E-state index in [1.165, 1.54) is 85.5 Å². The highest BCUT2D eigenvalue weighted by molar-refractivity contribution is 7.90. The zero-order valence-electron chi connectivity index (χ0n) is 85.2. The molecule has 0 aromatic carbocycles. The van der Waals surface area contributed by atoms with Gasteiger partial charge in [0.2, 0.25) is 79.9 Å². The Hall–Kier alpha value is -5.22. The van der Waals surface area contributed by atoms with Crippen molar-refractivity contribution in [3.63, 3.8) is 0 Å². The van der Waals surface area contributed by atoms with Crippen molar-refractivity contribution in [3.05, 3.63) is 87.1 Å². The molecule has 0 spiro atoms. The summed E-state index contributed by atoms with van der Waals surface area (Å²) in [6.45, 7) is 22.1. The van der Waals surface area contributed by atoms with Gasteiger partial charge in [-0.15, -0.1) is 0 Å². The third kappa shape index (κ3) is 33.9. The summed E-state index contributed by atoms with van der Waals surface area (Å²) in [6, 6.07) is 0. The minimum absolute atomic E-state index is 0.0725. The van der Waals surface area contributed by atoms with Gasteiger partial charge in [0, 0.05) is 164 Å². The summed E-state index contributed by atoms with van der Waals surface area (Å²) < 4.78 is 228. The van der Waals surface area contributed by atoms with E-state index in [2.05, 4.69) is 74.3 Å². The molecule has 10 saturated heterocycles. The Labute approximate surface area is 899 Å². The van der Waals surface area contributed by atoms with E-state index in [0.29, 0.717) is 120 Å². The fourth-order valence-corrected chi connectivity index (χ4v) is 30.0. The fourth-order valence-electron chi connectivity index (χ4n) is 23.1. The number of aromatic nitrogens is 10. The first-order chi connectivity index (χ1) is 70.9. The summed E-state index contributed by atoms with van der Waals surface area (Å²) in [5.74, 6) is 13.5. The molecule has 0 bridgehead atoms. The first-order valence-electron chi connectivity index (χ1n) is 53.1. The van der Waals surface area contributed by atoms with Gasteiger partial charge in [0.1, 0.15) is 0 Å². The molecule has 15 fully saturated rings. The highest BCUT2D eigenvalue weighted by Crippen LogP contribution is 2.55. The van der Waals surface area contributed by atoms with E-state index in [-0.39, 0.29) is 67.7 Å². The summed E-state index contributed by atoms with van der Waals surface area (Å²) in [4.78, 5) is 54.3. The number of nitrogens with zero attached hydrogens (tertiary/aromatic N) is 20. The molecule has 15 aliphatic rings. The van der Waals surface area contributed by atoms with Crippen molar-refractivity contribution >= 4 is 138 Å². The zero-order chi connectivity index (χ0) is 106. The second-order valence-electron chi connectivity index (χ2n) is 43.4. The fraction of sp³-hybridized carbons (Fsp3) is 0.796. The number of ether oxygens (including phenoxy) is 5. The van der Waals surface area contributed by atoms with Gasteiger partial charge >= 0.3 is 12.4 Å². The second kappa shape index (κ2) is 51.6. The van der Waals surface area contributed by atoms with Crippen molar-refractivity contribution in [2.75, 3.05) is 212 Å². The Balaban J connectivity index is 0.000000133. The normalized spacial score (nSPS) is 26.8. The molecule has 5 saturated carbocycles. The quantitative estimate of drug-likeness (QED) is 0.0328. The van der Waals surface area contributed by atoms with Gasteiger partial charge in [-0.2, -0.15) is 47.9 Å². The van der Waals surface area contributed by atoms with Crippen molar-refractivity contribution in [2.24, 2.45) is 88.8 Å². The SMILES string of the molecule is CC(C)S(=O)(=O)N1CC(OCC[C@@H]2C[C@@H]2C2CCN(c3ncc(Cl)cn3)CC2)C1.CCS(=O)(=O)N1CC(OCC[C@@H]2C[C@@H]2C2CCN(c3ncc(Cl)cn3)CC2)C1.CS(=O)(=O)N1CC(OCC[C@@H]2C[C@@H]2C2CCN(c3ncc(Cl)cn3)CC2)C1.O=S(=O)(CCC(F)(F)F)N1CC(OCC[C@@H]2C[C@@H]2C2CCN(c3ncc(Cl)cn3)CC2)C1.O=S(=O)(CCC(F)(F)F)N1CC[C@H](OCC[C@@H]2C[C@@H]2C2CCN(c3ncc(Cl)cn3)CC2)C1. The number of alkyl halides is 6. The van der Waals surface area contributed by atoms with E-state index in [4.69, 9.17) is 81.7 Å². The van der Waals surface area contributed by atoms with E-state index in [0.717, 1.165) is 235 Å². The van der Waals surface area contributed by atoms with Crippen LogP contribution in [0.25, 0.3) is 0 Å². The van der Waals surface area contributed by atoms with Gasteiger partial charge in [-0.25, -0.2) is 91.9 Å². The Kier molecular flexibility index (Phi) is 40.3. The highest BCUT2D eigenvalue weighted by atomic mass is 35.5. The molecule has 5 aromatic rings. The molecule has 51 heteroatoms. The van der Waals surface area contributed by atoms with Crippen LogP contribution in [0.4, 0.5) is 56.1 Å². The van der Waals surface area contributed by atoms with Crippen LogP contribution < -0.4 is 24.5 Å². The number of sulfonamides is 5. The first kappa shape index (κ1) is 116. The molecule has 20 rings (SSSR count). The van der Waals surface area contributed by atoms with Gasteiger partial charge in [0.05, 0.1) is 159 Å². The smallest absolute Gasteiger partial charge is 0.377 e.